The zero-order chi connectivity index (χ0) is 19.2. The molecule has 0 unspecified atom stereocenters. The second-order valence-corrected chi connectivity index (χ2v) is 5.25. The molecule has 3 aromatic rings. The van der Waals surface area contributed by atoms with Gasteiger partial charge in [0.1, 0.15) is 0 Å². The molecule has 1 amide bonds. The van der Waals surface area contributed by atoms with Gasteiger partial charge < -0.3 is 13.9 Å². The number of benzene rings is 2. The van der Waals surface area contributed by atoms with Crippen LogP contribution in [0.2, 0.25) is 0 Å². The van der Waals surface area contributed by atoms with E-state index in [1.54, 1.807) is 24.3 Å². The smallest absolute Gasteiger partial charge is 0.338 e. The lowest BCUT2D eigenvalue weighted by molar-refractivity contribution is -0.119. The van der Waals surface area contributed by atoms with Gasteiger partial charge in [-0.05, 0) is 30.3 Å². The van der Waals surface area contributed by atoms with E-state index in [1.165, 1.54) is 19.2 Å². The third-order valence-corrected chi connectivity index (χ3v) is 3.41. The third kappa shape index (κ3) is 4.46. The van der Waals surface area contributed by atoms with Crippen LogP contribution in [0.3, 0.4) is 0 Å². The molecule has 0 saturated heterocycles. The SMILES string of the molecule is COc1ccc(C(=O)OCC(=O)Nc2nnc(-c3ccccc3)o2)cc1F. The molecule has 27 heavy (non-hydrogen) atoms. The molecule has 0 fully saturated rings. The molecular formula is C18H14FN3O5. The number of esters is 1. The monoisotopic (exact) mass is 371 g/mol. The Kier molecular flexibility index (Phi) is 5.41. The summed E-state index contributed by atoms with van der Waals surface area (Å²) in [6.45, 7) is -0.602. The fourth-order valence-corrected chi connectivity index (χ4v) is 2.13. The average molecular weight is 371 g/mol. The highest BCUT2D eigenvalue weighted by atomic mass is 19.1. The number of carbonyl (C=O) groups excluding carboxylic acids is 2. The van der Waals surface area contributed by atoms with E-state index in [4.69, 9.17) is 13.9 Å². The van der Waals surface area contributed by atoms with Crippen molar-refractivity contribution < 1.29 is 27.9 Å². The summed E-state index contributed by atoms with van der Waals surface area (Å²) in [6, 6.07) is 12.4. The average Bonchev–Trinajstić information content (AvgIpc) is 3.15. The molecule has 0 bridgehead atoms. The standard InChI is InChI=1S/C18H14FN3O5/c1-25-14-8-7-12(9-13(14)19)17(24)26-10-15(23)20-18-22-21-16(27-18)11-5-3-2-4-6-11/h2-9H,10H2,1H3,(H,20,22,23). The summed E-state index contributed by atoms with van der Waals surface area (Å²) in [5.41, 5.74) is 0.642. The maximum atomic E-state index is 13.6. The number of ether oxygens (including phenoxy) is 2. The molecule has 0 aliphatic carbocycles. The number of amides is 1. The lowest BCUT2D eigenvalue weighted by Gasteiger charge is -2.06. The Morgan fingerprint density at radius 1 is 1.15 bits per heavy atom. The van der Waals surface area contributed by atoms with E-state index < -0.39 is 24.3 Å². The van der Waals surface area contributed by atoms with Gasteiger partial charge in [0.05, 0.1) is 12.7 Å². The number of rotatable bonds is 6. The summed E-state index contributed by atoms with van der Waals surface area (Å²) in [7, 11) is 1.31. The summed E-state index contributed by atoms with van der Waals surface area (Å²) < 4.78 is 28.5. The zero-order valence-electron chi connectivity index (χ0n) is 14.1. The van der Waals surface area contributed by atoms with Crippen molar-refractivity contribution in [2.24, 2.45) is 0 Å². The summed E-state index contributed by atoms with van der Waals surface area (Å²) in [5, 5.41) is 9.83. The lowest BCUT2D eigenvalue weighted by Crippen LogP contribution is -2.21. The normalized spacial score (nSPS) is 10.3. The summed E-state index contributed by atoms with van der Waals surface area (Å²) in [4.78, 5) is 23.7. The van der Waals surface area contributed by atoms with Gasteiger partial charge in [-0.3, -0.25) is 10.1 Å². The molecular weight excluding hydrogens is 357 g/mol. The van der Waals surface area contributed by atoms with Gasteiger partial charge in [-0.25, -0.2) is 9.18 Å². The van der Waals surface area contributed by atoms with Gasteiger partial charge >= 0.3 is 12.0 Å². The predicted octanol–water partition coefficient (Wildman–Crippen LogP) is 2.68. The topological polar surface area (TPSA) is 104 Å². The molecule has 0 radical (unpaired) electrons. The summed E-state index contributed by atoms with van der Waals surface area (Å²) >= 11 is 0. The highest BCUT2D eigenvalue weighted by molar-refractivity contribution is 5.94. The molecule has 1 aromatic heterocycles. The van der Waals surface area contributed by atoms with Crippen LogP contribution in [-0.4, -0.2) is 35.8 Å². The lowest BCUT2D eigenvalue weighted by atomic mass is 10.2. The van der Waals surface area contributed by atoms with E-state index in [0.29, 0.717) is 5.56 Å². The van der Waals surface area contributed by atoms with Gasteiger partial charge in [0.15, 0.2) is 18.2 Å². The highest BCUT2D eigenvalue weighted by Gasteiger charge is 2.15. The summed E-state index contributed by atoms with van der Waals surface area (Å²) in [6.07, 6.45) is 0. The van der Waals surface area contributed by atoms with E-state index in [0.717, 1.165) is 6.07 Å². The molecule has 9 heteroatoms. The van der Waals surface area contributed by atoms with Gasteiger partial charge in [0.25, 0.3) is 5.91 Å². The van der Waals surface area contributed by atoms with Gasteiger partial charge in [0, 0.05) is 5.56 Å². The van der Waals surface area contributed by atoms with Gasteiger partial charge in [-0.2, -0.15) is 0 Å². The Morgan fingerprint density at radius 3 is 2.63 bits per heavy atom. The maximum absolute atomic E-state index is 13.6. The minimum atomic E-state index is -0.859. The number of hydrogen-bond acceptors (Lipinski definition) is 7. The van der Waals surface area contributed by atoms with Crippen molar-refractivity contribution >= 4 is 17.9 Å². The van der Waals surface area contributed by atoms with E-state index in [9.17, 15) is 14.0 Å². The molecule has 1 heterocycles. The molecule has 1 N–H and O–H groups in total. The molecule has 3 rings (SSSR count). The van der Waals surface area contributed by atoms with Crippen molar-refractivity contribution in [3.05, 3.63) is 59.9 Å². The van der Waals surface area contributed by atoms with Crippen molar-refractivity contribution in [2.75, 3.05) is 19.0 Å². The first-order chi connectivity index (χ1) is 13.1. The number of aromatic nitrogens is 2. The van der Waals surface area contributed by atoms with Gasteiger partial charge in [-0.15, -0.1) is 5.10 Å². The van der Waals surface area contributed by atoms with Crippen molar-refractivity contribution in [1.82, 2.24) is 10.2 Å². The molecule has 138 valence electrons. The highest BCUT2D eigenvalue weighted by Crippen LogP contribution is 2.19. The number of methoxy groups -OCH3 is 1. The van der Waals surface area contributed by atoms with Crippen LogP contribution < -0.4 is 10.1 Å². The first-order valence-corrected chi connectivity index (χ1v) is 7.76. The number of hydrogen-bond donors (Lipinski definition) is 1. The van der Waals surface area contributed by atoms with Crippen LogP contribution in [0.25, 0.3) is 11.5 Å². The Labute approximate surface area is 152 Å². The zero-order valence-corrected chi connectivity index (χ0v) is 14.1. The molecule has 8 nitrogen and oxygen atoms in total. The van der Waals surface area contributed by atoms with Crippen molar-refractivity contribution in [3.63, 3.8) is 0 Å². The Hall–Kier alpha value is -3.75. The maximum Gasteiger partial charge on any atom is 0.338 e. The first-order valence-electron chi connectivity index (χ1n) is 7.76. The molecule has 0 atom stereocenters. The second-order valence-electron chi connectivity index (χ2n) is 5.25. The largest absolute Gasteiger partial charge is 0.494 e. The number of carbonyl (C=O) groups is 2. The van der Waals surface area contributed by atoms with Crippen LogP contribution in [0.15, 0.2) is 52.9 Å². The van der Waals surface area contributed by atoms with Crippen molar-refractivity contribution in [2.45, 2.75) is 0 Å². The Bertz CT molecular complexity index is 959. The van der Waals surface area contributed by atoms with Crippen LogP contribution in [0.5, 0.6) is 5.75 Å². The number of halogens is 1. The molecule has 0 spiro atoms. The molecule has 0 saturated carbocycles. The minimum Gasteiger partial charge on any atom is -0.494 e. The quantitative estimate of drug-likeness (QED) is 0.664. The van der Waals surface area contributed by atoms with E-state index in [2.05, 4.69) is 15.5 Å². The van der Waals surface area contributed by atoms with E-state index in [1.807, 2.05) is 6.07 Å². The van der Waals surface area contributed by atoms with E-state index >= 15 is 0 Å². The second kappa shape index (κ2) is 8.09. The fraction of sp³-hybridized carbons (Fsp3) is 0.111. The van der Waals surface area contributed by atoms with Crippen molar-refractivity contribution in [1.29, 1.82) is 0 Å². The first kappa shape index (κ1) is 18.1. The van der Waals surface area contributed by atoms with Gasteiger partial charge in [-0.1, -0.05) is 23.3 Å². The van der Waals surface area contributed by atoms with Crippen LogP contribution >= 0.6 is 0 Å². The number of anilines is 1. The van der Waals surface area contributed by atoms with Crippen molar-refractivity contribution in [3.8, 4) is 17.2 Å². The minimum absolute atomic E-state index is 0.00472. The molecule has 0 aliphatic rings. The van der Waals surface area contributed by atoms with Crippen LogP contribution in [0.1, 0.15) is 10.4 Å². The number of nitrogens with one attached hydrogen (secondary N) is 1. The number of nitrogens with zero attached hydrogens (tertiary/aromatic N) is 2. The Balaban J connectivity index is 1.55. The third-order valence-electron chi connectivity index (χ3n) is 3.41. The van der Waals surface area contributed by atoms with Crippen LogP contribution in [0, 0.1) is 5.82 Å². The van der Waals surface area contributed by atoms with Gasteiger partial charge in [0.2, 0.25) is 5.89 Å². The fourth-order valence-electron chi connectivity index (χ4n) is 2.13. The molecule has 0 aliphatic heterocycles. The summed E-state index contributed by atoms with van der Waals surface area (Å²) in [5.74, 6) is -2.02. The Morgan fingerprint density at radius 2 is 1.93 bits per heavy atom. The molecule has 2 aromatic carbocycles. The van der Waals surface area contributed by atoms with Crippen LogP contribution in [-0.2, 0) is 9.53 Å². The van der Waals surface area contributed by atoms with Crippen LogP contribution in [0.4, 0.5) is 10.4 Å². The van der Waals surface area contributed by atoms with E-state index in [-0.39, 0.29) is 23.2 Å². The predicted molar refractivity (Wildman–Crippen MR) is 91.6 cm³/mol.